The molecular weight excluding hydrogens is 388 g/mol. The Labute approximate surface area is 177 Å². The first-order chi connectivity index (χ1) is 13.2. The molecule has 0 bridgehead atoms. The maximum Gasteiger partial charge on any atom is 0.130 e. The minimum Gasteiger partial charge on any atom is -1.00 e. The van der Waals surface area contributed by atoms with Gasteiger partial charge >= 0.3 is 0 Å². The molecule has 0 radical (unpaired) electrons. The zero-order valence-corrected chi connectivity index (χ0v) is 17.4. The second-order valence-electron chi connectivity index (χ2n) is 6.93. The van der Waals surface area contributed by atoms with E-state index in [1.165, 1.54) is 21.2 Å². The van der Waals surface area contributed by atoms with Crippen LogP contribution >= 0.6 is 11.8 Å². The largest absolute Gasteiger partial charge is 1.00 e. The molecule has 0 aliphatic carbocycles. The second-order valence-corrected chi connectivity index (χ2v) is 8.01. The molecule has 5 heteroatoms. The molecule has 3 aromatic carbocycles. The van der Waals surface area contributed by atoms with E-state index in [0.29, 0.717) is 0 Å². The topological polar surface area (TPSA) is 40.1 Å². The van der Waals surface area contributed by atoms with Crippen LogP contribution in [-0.4, -0.2) is 24.2 Å². The molecule has 2 unspecified atom stereocenters. The van der Waals surface area contributed by atoms with Gasteiger partial charge in [-0.3, -0.25) is 0 Å². The van der Waals surface area contributed by atoms with E-state index in [-0.39, 0.29) is 18.4 Å². The number of aliphatic hydroxyl groups is 1. The van der Waals surface area contributed by atoms with Gasteiger partial charge in [0.1, 0.15) is 12.1 Å². The highest BCUT2D eigenvalue weighted by molar-refractivity contribution is 7.99. The van der Waals surface area contributed by atoms with Crippen LogP contribution in [0.1, 0.15) is 18.6 Å². The Morgan fingerprint density at radius 1 is 0.857 bits per heavy atom. The molecule has 1 aliphatic rings. The first kappa shape index (κ1) is 20.7. The highest BCUT2D eigenvalue weighted by atomic mass is 35.5. The van der Waals surface area contributed by atoms with Crippen molar-refractivity contribution in [1.29, 1.82) is 0 Å². The molecule has 0 saturated heterocycles. The van der Waals surface area contributed by atoms with Gasteiger partial charge in [0.25, 0.3) is 0 Å². The van der Waals surface area contributed by atoms with E-state index < -0.39 is 6.10 Å². The third-order valence-corrected chi connectivity index (χ3v) is 6.19. The van der Waals surface area contributed by atoms with Gasteiger partial charge in [0.05, 0.1) is 24.5 Å². The third kappa shape index (κ3) is 4.36. The molecule has 0 fully saturated rings. The number of halogens is 1. The minimum atomic E-state index is -0.456. The average Bonchev–Trinajstić information content (AvgIpc) is 2.73. The SMILES string of the molecule is CC([NH2+]CCN1c2ccccc2Sc2ccccc21)C(O)c1ccccc1.[Cl-]. The Hall–Kier alpha value is -1.98. The highest BCUT2D eigenvalue weighted by Crippen LogP contribution is 2.47. The first-order valence-electron chi connectivity index (χ1n) is 9.44. The van der Waals surface area contributed by atoms with Gasteiger partial charge in [0.15, 0.2) is 0 Å². The molecule has 0 saturated carbocycles. The van der Waals surface area contributed by atoms with Gasteiger partial charge in [-0.15, -0.1) is 0 Å². The number of fused-ring (bicyclic) bond motifs is 2. The number of quaternary nitrogens is 1. The molecule has 2 atom stereocenters. The zero-order valence-electron chi connectivity index (χ0n) is 15.8. The van der Waals surface area contributed by atoms with E-state index >= 15 is 0 Å². The molecule has 3 N–H and O–H groups in total. The van der Waals surface area contributed by atoms with Crippen molar-refractivity contribution in [2.75, 3.05) is 18.0 Å². The number of para-hydroxylation sites is 2. The van der Waals surface area contributed by atoms with Crippen molar-refractivity contribution in [2.24, 2.45) is 0 Å². The third-order valence-electron chi connectivity index (χ3n) is 5.06. The Kier molecular flexibility index (Phi) is 7.03. The van der Waals surface area contributed by atoms with Crippen LogP contribution in [0, 0.1) is 0 Å². The van der Waals surface area contributed by atoms with E-state index in [4.69, 9.17) is 0 Å². The fourth-order valence-corrected chi connectivity index (χ4v) is 4.67. The molecule has 0 amide bonds. The predicted octanol–water partition coefficient (Wildman–Crippen LogP) is 0.979. The molecule has 28 heavy (non-hydrogen) atoms. The van der Waals surface area contributed by atoms with E-state index in [9.17, 15) is 5.11 Å². The van der Waals surface area contributed by atoms with Crippen molar-refractivity contribution in [3.63, 3.8) is 0 Å². The predicted molar refractivity (Wildman–Crippen MR) is 112 cm³/mol. The van der Waals surface area contributed by atoms with Crippen molar-refractivity contribution >= 4 is 23.1 Å². The number of nitrogens with zero attached hydrogens (tertiary/aromatic N) is 1. The van der Waals surface area contributed by atoms with Crippen LogP contribution < -0.4 is 22.6 Å². The molecule has 4 rings (SSSR count). The van der Waals surface area contributed by atoms with Gasteiger partial charge in [-0.25, -0.2) is 0 Å². The zero-order chi connectivity index (χ0) is 18.6. The van der Waals surface area contributed by atoms with Crippen molar-refractivity contribution < 1.29 is 22.8 Å². The summed E-state index contributed by atoms with van der Waals surface area (Å²) in [7, 11) is 0. The average molecular weight is 413 g/mol. The van der Waals surface area contributed by atoms with Gasteiger partial charge in [-0.05, 0) is 36.8 Å². The van der Waals surface area contributed by atoms with Crippen LogP contribution in [0.2, 0.25) is 0 Å². The summed E-state index contributed by atoms with van der Waals surface area (Å²) in [6.45, 7) is 3.91. The Bertz CT molecular complexity index is 860. The fraction of sp³-hybridized carbons (Fsp3) is 0.217. The van der Waals surface area contributed by atoms with Gasteiger partial charge in [-0.2, -0.15) is 0 Å². The minimum absolute atomic E-state index is 0. The lowest BCUT2D eigenvalue weighted by molar-refractivity contribution is -0.692. The van der Waals surface area contributed by atoms with Gasteiger partial charge < -0.3 is 27.7 Å². The number of benzene rings is 3. The van der Waals surface area contributed by atoms with Crippen LogP contribution in [-0.2, 0) is 0 Å². The van der Waals surface area contributed by atoms with E-state index in [2.05, 4.69) is 65.7 Å². The quantitative estimate of drug-likeness (QED) is 0.634. The summed E-state index contributed by atoms with van der Waals surface area (Å²) in [6, 6.07) is 27.2. The molecular formula is C23H25ClN2OS. The van der Waals surface area contributed by atoms with Crippen LogP contribution in [0.15, 0.2) is 88.7 Å². The number of hydrogen-bond acceptors (Lipinski definition) is 3. The monoisotopic (exact) mass is 412 g/mol. The molecule has 3 nitrogen and oxygen atoms in total. The number of aliphatic hydroxyl groups excluding tert-OH is 1. The van der Waals surface area contributed by atoms with E-state index in [0.717, 1.165) is 18.7 Å². The lowest BCUT2D eigenvalue weighted by atomic mass is 10.0. The van der Waals surface area contributed by atoms with Crippen molar-refractivity contribution in [3.05, 3.63) is 84.4 Å². The summed E-state index contributed by atoms with van der Waals surface area (Å²) in [4.78, 5) is 5.00. The van der Waals surface area contributed by atoms with Crippen LogP contribution in [0.25, 0.3) is 0 Å². The summed E-state index contributed by atoms with van der Waals surface area (Å²) in [5.41, 5.74) is 3.52. The van der Waals surface area contributed by atoms with Crippen molar-refractivity contribution in [2.45, 2.75) is 28.9 Å². The van der Waals surface area contributed by atoms with Gasteiger partial charge in [-0.1, -0.05) is 66.4 Å². The Balaban J connectivity index is 0.00000225. The van der Waals surface area contributed by atoms with Crippen LogP contribution in [0.3, 0.4) is 0 Å². The Morgan fingerprint density at radius 3 is 2.00 bits per heavy atom. The standard InChI is InChI=1S/C23H24N2OS.ClH/c1-17(23(26)18-9-3-2-4-10-18)24-15-16-25-19-11-5-7-13-21(19)27-22-14-8-6-12-20(22)25;/h2-14,17,23-24,26H,15-16H2,1H3;1H. The fourth-order valence-electron chi connectivity index (χ4n) is 3.57. The molecule has 1 aliphatic heterocycles. The maximum atomic E-state index is 10.6. The molecule has 3 aromatic rings. The van der Waals surface area contributed by atoms with Crippen molar-refractivity contribution in [3.8, 4) is 0 Å². The van der Waals surface area contributed by atoms with E-state index in [1.54, 1.807) is 0 Å². The second kappa shape index (κ2) is 9.48. The lowest BCUT2D eigenvalue weighted by Gasteiger charge is -2.32. The van der Waals surface area contributed by atoms with Crippen molar-refractivity contribution in [1.82, 2.24) is 0 Å². The highest BCUT2D eigenvalue weighted by Gasteiger charge is 2.24. The molecule has 0 spiro atoms. The molecule has 146 valence electrons. The summed E-state index contributed by atoms with van der Waals surface area (Å²) in [6.07, 6.45) is -0.456. The van der Waals surface area contributed by atoms with Crippen LogP contribution in [0.4, 0.5) is 11.4 Å². The molecule has 0 aromatic heterocycles. The number of rotatable bonds is 6. The van der Waals surface area contributed by atoms with Crippen LogP contribution in [0.5, 0.6) is 0 Å². The van der Waals surface area contributed by atoms with Gasteiger partial charge in [0, 0.05) is 9.79 Å². The smallest absolute Gasteiger partial charge is 0.130 e. The van der Waals surface area contributed by atoms with Gasteiger partial charge in [0.2, 0.25) is 0 Å². The first-order valence-corrected chi connectivity index (χ1v) is 10.3. The summed E-state index contributed by atoms with van der Waals surface area (Å²) >= 11 is 1.84. The summed E-state index contributed by atoms with van der Waals surface area (Å²) < 4.78 is 0. The Morgan fingerprint density at radius 2 is 1.39 bits per heavy atom. The normalized spacial score (nSPS) is 14.4. The number of hydrogen-bond donors (Lipinski definition) is 2. The van der Waals surface area contributed by atoms with E-state index in [1.807, 2.05) is 42.1 Å². The number of nitrogens with two attached hydrogens (primary N) is 1. The maximum absolute atomic E-state index is 10.6. The summed E-state index contributed by atoms with van der Waals surface area (Å²) in [5.74, 6) is 0. The number of anilines is 2. The lowest BCUT2D eigenvalue weighted by Crippen LogP contribution is -3.00. The molecule has 1 heterocycles. The summed E-state index contributed by atoms with van der Waals surface area (Å²) in [5, 5.41) is 12.8.